The first-order valence-corrected chi connectivity index (χ1v) is 5.89. The van der Waals surface area contributed by atoms with Gasteiger partial charge < -0.3 is 5.11 Å². The maximum Gasteiger partial charge on any atom is 0.119 e. The second-order valence-corrected chi connectivity index (χ2v) is 4.79. The van der Waals surface area contributed by atoms with E-state index in [1.54, 1.807) is 6.07 Å². The number of rotatable bonds is 3. The molecule has 1 aromatic heterocycles. The van der Waals surface area contributed by atoms with Gasteiger partial charge in [-0.05, 0) is 30.0 Å². The summed E-state index contributed by atoms with van der Waals surface area (Å²) < 4.78 is 1.95. The van der Waals surface area contributed by atoms with E-state index in [4.69, 9.17) is 0 Å². The molecule has 2 aromatic rings. The Morgan fingerprint density at radius 1 is 1.35 bits per heavy atom. The lowest BCUT2D eigenvalue weighted by atomic mass is 10.0. The lowest BCUT2D eigenvalue weighted by Crippen LogP contribution is -2.03. The fourth-order valence-corrected chi connectivity index (χ4v) is 1.91. The fraction of sp³-hybridized carbons (Fsp3) is 0.357. The molecule has 0 aliphatic rings. The quantitative estimate of drug-likeness (QED) is 0.879. The van der Waals surface area contributed by atoms with Gasteiger partial charge in [0.1, 0.15) is 5.75 Å². The van der Waals surface area contributed by atoms with Crippen LogP contribution in [0.2, 0.25) is 0 Å². The smallest absolute Gasteiger partial charge is 0.119 e. The van der Waals surface area contributed by atoms with Gasteiger partial charge in [-0.15, -0.1) is 0 Å². The molecule has 0 fully saturated rings. The summed E-state index contributed by atoms with van der Waals surface area (Å²) >= 11 is 0. The zero-order valence-electron chi connectivity index (χ0n) is 10.5. The highest BCUT2D eigenvalue weighted by atomic mass is 16.3. The van der Waals surface area contributed by atoms with Crippen LogP contribution >= 0.6 is 0 Å². The molecule has 17 heavy (non-hydrogen) atoms. The van der Waals surface area contributed by atoms with Crippen molar-refractivity contribution in [2.45, 2.75) is 27.3 Å². The van der Waals surface area contributed by atoms with Crippen LogP contribution in [0.1, 0.15) is 19.4 Å². The van der Waals surface area contributed by atoms with Gasteiger partial charge >= 0.3 is 0 Å². The first-order valence-electron chi connectivity index (χ1n) is 5.89. The van der Waals surface area contributed by atoms with Crippen LogP contribution in [-0.2, 0) is 6.54 Å². The Balaban J connectivity index is 2.34. The lowest BCUT2D eigenvalue weighted by Gasteiger charge is -2.05. The van der Waals surface area contributed by atoms with Crippen molar-refractivity contribution in [3.05, 3.63) is 36.2 Å². The maximum atomic E-state index is 9.69. The van der Waals surface area contributed by atoms with Gasteiger partial charge in [0.2, 0.25) is 0 Å². The summed E-state index contributed by atoms with van der Waals surface area (Å²) in [6.45, 7) is 7.17. The minimum atomic E-state index is 0.333. The third kappa shape index (κ3) is 2.49. The Labute approximate surface area is 102 Å². The van der Waals surface area contributed by atoms with E-state index in [9.17, 15) is 5.11 Å². The third-order valence-electron chi connectivity index (χ3n) is 2.80. The van der Waals surface area contributed by atoms with E-state index in [0.717, 1.165) is 23.2 Å². The molecule has 3 nitrogen and oxygen atoms in total. The average molecular weight is 230 g/mol. The number of phenolic OH excluding ortho intramolecular Hbond substituents is 1. The monoisotopic (exact) mass is 230 g/mol. The summed E-state index contributed by atoms with van der Waals surface area (Å²) in [5, 5.41) is 14.0. The molecule has 0 amide bonds. The van der Waals surface area contributed by atoms with E-state index >= 15 is 0 Å². The van der Waals surface area contributed by atoms with Gasteiger partial charge in [-0.25, -0.2) is 0 Å². The molecule has 0 atom stereocenters. The Bertz CT molecular complexity index is 515. The van der Waals surface area contributed by atoms with E-state index in [-0.39, 0.29) is 0 Å². The Morgan fingerprint density at radius 2 is 2.12 bits per heavy atom. The number of nitrogens with zero attached hydrogens (tertiary/aromatic N) is 2. The van der Waals surface area contributed by atoms with Crippen LogP contribution in [0.15, 0.2) is 30.6 Å². The topological polar surface area (TPSA) is 38.1 Å². The molecule has 2 rings (SSSR count). The van der Waals surface area contributed by atoms with E-state index in [1.165, 1.54) is 0 Å². The minimum absolute atomic E-state index is 0.333. The molecule has 0 aliphatic carbocycles. The molecule has 1 aromatic carbocycles. The zero-order chi connectivity index (χ0) is 12.4. The average Bonchev–Trinajstić information content (AvgIpc) is 2.69. The Morgan fingerprint density at radius 3 is 2.82 bits per heavy atom. The van der Waals surface area contributed by atoms with E-state index in [0.29, 0.717) is 11.7 Å². The van der Waals surface area contributed by atoms with Crippen molar-refractivity contribution in [2.24, 2.45) is 5.92 Å². The summed E-state index contributed by atoms with van der Waals surface area (Å²) in [5.41, 5.74) is 3.00. The van der Waals surface area contributed by atoms with E-state index < -0.39 is 0 Å². The van der Waals surface area contributed by atoms with Crippen molar-refractivity contribution in [2.75, 3.05) is 0 Å². The number of aromatic nitrogens is 2. The third-order valence-corrected chi connectivity index (χ3v) is 2.80. The summed E-state index contributed by atoms with van der Waals surface area (Å²) in [6, 6.07) is 5.57. The number of phenols is 1. The SMILES string of the molecule is Cc1c(O)cccc1-c1cnn(CC(C)C)c1. The van der Waals surface area contributed by atoms with Crippen LogP contribution < -0.4 is 0 Å². The number of aromatic hydroxyl groups is 1. The number of hydrogen-bond acceptors (Lipinski definition) is 2. The van der Waals surface area contributed by atoms with Crippen LogP contribution in [0.3, 0.4) is 0 Å². The molecule has 0 saturated carbocycles. The van der Waals surface area contributed by atoms with Gasteiger partial charge in [-0.1, -0.05) is 26.0 Å². The van der Waals surface area contributed by atoms with Crippen molar-refractivity contribution in [1.82, 2.24) is 9.78 Å². The van der Waals surface area contributed by atoms with Crippen LogP contribution in [0.25, 0.3) is 11.1 Å². The molecular weight excluding hydrogens is 212 g/mol. The van der Waals surface area contributed by atoms with Gasteiger partial charge in [0.15, 0.2) is 0 Å². The zero-order valence-corrected chi connectivity index (χ0v) is 10.5. The van der Waals surface area contributed by atoms with Crippen molar-refractivity contribution >= 4 is 0 Å². The first-order chi connectivity index (χ1) is 8.08. The predicted octanol–water partition coefficient (Wildman–Crippen LogP) is 3.22. The first kappa shape index (κ1) is 11.7. The van der Waals surface area contributed by atoms with Gasteiger partial charge in [-0.2, -0.15) is 5.10 Å². The molecule has 0 aliphatic heterocycles. The largest absolute Gasteiger partial charge is 0.508 e. The Hall–Kier alpha value is -1.77. The molecule has 0 saturated heterocycles. The highest BCUT2D eigenvalue weighted by molar-refractivity contribution is 5.68. The van der Waals surface area contributed by atoms with Crippen molar-refractivity contribution < 1.29 is 5.11 Å². The second kappa shape index (κ2) is 4.62. The van der Waals surface area contributed by atoms with Crippen molar-refractivity contribution in [1.29, 1.82) is 0 Å². The van der Waals surface area contributed by atoms with Gasteiger partial charge in [0.25, 0.3) is 0 Å². The molecule has 1 N–H and O–H groups in total. The molecule has 3 heteroatoms. The minimum Gasteiger partial charge on any atom is -0.508 e. The lowest BCUT2D eigenvalue weighted by molar-refractivity contribution is 0.471. The summed E-state index contributed by atoms with van der Waals surface area (Å²) in [4.78, 5) is 0. The molecule has 90 valence electrons. The summed E-state index contributed by atoms with van der Waals surface area (Å²) in [5.74, 6) is 0.909. The maximum absolute atomic E-state index is 9.69. The van der Waals surface area contributed by atoms with E-state index in [2.05, 4.69) is 18.9 Å². The molecule has 0 bridgehead atoms. The van der Waals surface area contributed by atoms with Crippen LogP contribution in [0.5, 0.6) is 5.75 Å². The van der Waals surface area contributed by atoms with Crippen molar-refractivity contribution in [3.8, 4) is 16.9 Å². The van der Waals surface area contributed by atoms with Crippen LogP contribution in [0, 0.1) is 12.8 Å². The molecular formula is C14H18N2O. The highest BCUT2D eigenvalue weighted by Gasteiger charge is 2.08. The summed E-state index contributed by atoms with van der Waals surface area (Å²) in [7, 11) is 0. The molecule has 0 spiro atoms. The molecule has 0 radical (unpaired) electrons. The molecule has 0 unspecified atom stereocenters. The van der Waals surface area contributed by atoms with Gasteiger partial charge in [-0.3, -0.25) is 4.68 Å². The van der Waals surface area contributed by atoms with Crippen molar-refractivity contribution in [3.63, 3.8) is 0 Å². The van der Waals surface area contributed by atoms with Crippen LogP contribution in [-0.4, -0.2) is 14.9 Å². The Kier molecular flexibility index (Phi) is 3.18. The van der Waals surface area contributed by atoms with Crippen LogP contribution in [0.4, 0.5) is 0 Å². The number of benzene rings is 1. The highest BCUT2D eigenvalue weighted by Crippen LogP contribution is 2.28. The standard InChI is InChI=1S/C14H18N2O/c1-10(2)8-16-9-12(7-15-16)13-5-4-6-14(17)11(13)3/h4-7,9-10,17H,8H2,1-3H3. The molecule has 1 heterocycles. The van der Waals surface area contributed by atoms with Gasteiger partial charge in [0, 0.05) is 18.3 Å². The predicted molar refractivity (Wildman–Crippen MR) is 68.9 cm³/mol. The fourth-order valence-electron chi connectivity index (χ4n) is 1.91. The normalized spacial score (nSPS) is 11.1. The van der Waals surface area contributed by atoms with E-state index in [1.807, 2.05) is 36.1 Å². The van der Waals surface area contributed by atoms with Gasteiger partial charge in [0.05, 0.1) is 6.20 Å². The second-order valence-electron chi connectivity index (χ2n) is 4.79. The summed E-state index contributed by atoms with van der Waals surface area (Å²) in [6.07, 6.45) is 3.88. The number of hydrogen-bond donors (Lipinski definition) is 1.